The van der Waals surface area contributed by atoms with Gasteiger partial charge in [-0.15, -0.1) is 0 Å². The van der Waals surface area contributed by atoms with Crippen molar-refractivity contribution in [1.82, 2.24) is 5.32 Å². The van der Waals surface area contributed by atoms with Crippen LogP contribution in [0, 0.1) is 0 Å². The summed E-state index contributed by atoms with van der Waals surface area (Å²) in [6, 6.07) is 18.8. The van der Waals surface area contributed by atoms with E-state index in [0.29, 0.717) is 6.42 Å². The first-order valence-corrected chi connectivity index (χ1v) is 14.2. The molecule has 3 atom stereocenters. The van der Waals surface area contributed by atoms with Crippen LogP contribution in [-0.4, -0.2) is 62.3 Å². The van der Waals surface area contributed by atoms with E-state index >= 15 is 0 Å². The number of hydrogen-bond donors (Lipinski definition) is 1. The normalized spacial score (nSPS) is 26.2. The lowest BCUT2D eigenvalue weighted by atomic mass is 9.54. The maximum Gasteiger partial charge on any atom is 0.303 e. The zero-order valence-electron chi connectivity index (χ0n) is 23.6. The van der Waals surface area contributed by atoms with Gasteiger partial charge in [-0.05, 0) is 61.8 Å². The summed E-state index contributed by atoms with van der Waals surface area (Å²) in [6.45, 7) is 3.25. The second-order valence-corrected chi connectivity index (χ2v) is 12.0. The number of carbonyl (C=O) groups is 2. The summed E-state index contributed by atoms with van der Waals surface area (Å²) >= 11 is 0. The van der Waals surface area contributed by atoms with Crippen molar-refractivity contribution in [3.05, 3.63) is 65.7 Å². The van der Waals surface area contributed by atoms with Crippen molar-refractivity contribution in [3.8, 4) is 5.75 Å². The number of amides is 1. The minimum atomic E-state index is -0.619. The number of likely N-dealkylation sites (tertiary alicyclic amines) is 1. The first kappa shape index (κ1) is 28.2. The third kappa shape index (κ3) is 6.40. The number of methoxy groups -OCH3 is 1. The molecule has 1 heterocycles. The van der Waals surface area contributed by atoms with E-state index in [1.54, 1.807) is 7.11 Å². The number of hydrogen-bond acceptors (Lipinski definition) is 4. The Morgan fingerprint density at radius 2 is 1.82 bits per heavy atom. The molecule has 0 bridgehead atoms. The van der Waals surface area contributed by atoms with E-state index in [4.69, 9.17) is 9.47 Å². The topological polar surface area (TPSA) is 64.6 Å². The van der Waals surface area contributed by atoms with Crippen LogP contribution in [0.3, 0.4) is 0 Å². The van der Waals surface area contributed by atoms with Gasteiger partial charge in [0.05, 0.1) is 27.7 Å². The summed E-state index contributed by atoms with van der Waals surface area (Å²) in [5, 5.41) is 3.36. The van der Waals surface area contributed by atoms with Gasteiger partial charge in [-0.3, -0.25) is 9.59 Å². The van der Waals surface area contributed by atoms with E-state index in [0.717, 1.165) is 80.3 Å². The zero-order chi connectivity index (χ0) is 27.2. The molecule has 0 unspecified atom stereocenters. The Kier molecular flexibility index (Phi) is 8.81. The lowest BCUT2D eigenvalue weighted by Gasteiger charge is -2.60. The highest BCUT2D eigenvalue weighted by Gasteiger charge is 2.64. The van der Waals surface area contributed by atoms with Gasteiger partial charge in [0.25, 0.3) is 0 Å². The first-order chi connectivity index (χ1) is 18.2. The van der Waals surface area contributed by atoms with Crippen molar-refractivity contribution < 1.29 is 23.5 Å². The van der Waals surface area contributed by atoms with Gasteiger partial charge in [0.15, 0.2) is 5.60 Å². The van der Waals surface area contributed by atoms with Crippen molar-refractivity contribution in [1.29, 1.82) is 0 Å². The largest absolute Gasteiger partial charge is 0.497 e. The summed E-state index contributed by atoms with van der Waals surface area (Å²) in [6.07, 6.45) is 7.82. The quantitative estimate of drug-likeness (QED) is 0.266. The van der Waals surface area contributed by atoms with Crippen molar-refractivity contribution in [2.75, 3.05) is 34.3 Å². The highest BCUT2D eigenvalue weighted by molar-refractivity contribution is 5.76. The smallest absolute Gasteiger partial charge is 0.303 e. The highest BCUT2D eigenvalue weighted by Crippen LogP contribution is 2.54. The van der Waals surface area contributed by atoms with Gasteiger partial charge in [-0.1, -0.05) is 48.9 Å². The summed E-state index contributed by atoms with van der Waals surface area (Å²) < 4.78 is 12.7. The molecule has 1 saturated heterocycles. The molecule has 38 heavy (non-hydrogen) atoms. The Morgan fingerprint density at radius 1 is 1.03 bits per heavy atom. The first-order valence-electron chi connectivity index (χ1n) is 14.2. The fourth-order valence-electron chi connectivity index (χ4n) is 6.94. The van der Waals surface area contributed by atoms with Gasteiger partial charge in [-0.25, -0.2) is 0 Å². The van der Waals surface area contributed by atoms with E-state index < -0.39 is 5.60 Å². The molecule has 2 aromatic rings. The predicted octanol–water partition coefficient (Wildman–Crippen LogP) is 5.19. The van der Waals surface area contributed by atoms with Gasteiger partial charge < -0.3 is 19.3 Å². The third-order valence-electron chi connectivity index (χ3n) is 8.73. The summed E-state index contributed by atoms with van der Waals surface area (Å²) in [4.78, 5) is 25.5. The fraction of sp³-hybridized carbons (Fsp3) is 0.562. The van der Waals surface area contributed by atoms with Gasteiger partial charge in [0.1, 0.15) is 12.3 Å². The minimum Gasteiger partial charge on any atom is -0.497 e. The molecule has 2 aromatic carbocycles. The van der Waals surface area contributed by atoms with Crippen LogP contribution in [0.5, 0.6) is 5.75 Å². The molecule has 1 aliphatic heterocycles. The highest BCUT2D eigenvalue weighted by atomic mass is 16.6. The average molecular weight is 522 g/mol. The lowest BCUT2D eigenvalue weighted by Crippen LogP contribution is -2.71. The molecule has 0 aromatic heterocycles. The summed E-state index contributed by atoms with van der Waals surface area (Å²) in [5.74, 6) is 0.689. The van der Waals surface area contributed by atoms with Gasteiger partial charge in [-0.2, -0.15) is 0 Å². The van der Waals surface area contributed by atoms with Crippen LogP contribution < -0.4 is 10.1 Å². The van der Waals surface area contributed by atoms with E-state index in [-0.39, 0.29) is 23.3 Å². The number of likely N-dealkylation sites (N-methyl/N-ethyl adjacent to an activating group) is 1. The average Bonchev–Trinajstić information content (AvgIpc) is 2.88. The standard InChI is InChI=1S/C32H44N2O4/c1-25(35)38-32-19-18-28(33-30(36)17-10-6-9-14-26-12-7-5-8-13-26)23-31(32,20-21-34(2,3)24-32)27-15-11-16-29(22-27)37-4/h5,7-8,11-13,15-16,22,28H,6,9-10,14,17-21,23-24H2,1-4H3/p+1/t28-,31-,32-/m0/s1. The SMILES string of the molecule is COc1cccc([C@@]23CC[N+](C)(C)C[C@@]2(OC(C)=O)CC[C@H](NC(=O)CCCCCc2ccccc2)C3)c1. The molecule has 0 spiro atoms. The Hall–Kier alpha value is -2.86. The second-order valence-electron chi connectivity index (χ2n) is 12.0. The molecule has 1 N–H and O–H groups in total. The minimum absolute atomic E-state index is 0.0513. The van der Waals surface area contributed by atoms with Crippen LogP contribution in [0.1, 0.15) is 69.4 Å². The number of piperidine rings is 1. The molecule has 206 valence electrons. The van der Waals surface area contributed by atoms with Crippen molar-refractivity contribution in [2.45, 2.75) is 81.8 Å². The number of aryl methyl sites for hydroxylation is 1. The molecule has 2 fully saturated rings. The van der Waals surface area contributed by atoms with Crippen LogP contribution in [0.25, 0.3) is 0 Å². The second kappa shape index (κ2) is 11.9. The number of ether oxygens (including phenoxy) is 2. The molecule has 1 amide bonds. The fourth-order valence-corrected chi connectivity index (χ4v) is 6.94. The van der Waals surface area contributed by atoms with Crippen LogP contribution >= 0.6 is 0 Å². The maximum atomic E-state index is 13.0. The van der Waals surface area contributed by atoms with Gasteiger partial charge >= 0.3 is 5.97 Å². The van der Waals surface area contributed by atoms with Gasteiger partial charge in [0, 0.05) is 31.2 Å². The zero-order valence-corrected chi connectivity index (χ0v) is 23.6. The number of nitrogens with one attached hydrogen (secondary N) is 1. The number of esters is 1. The monoisotopic (exact) mass is 521 g/mol. The van der Waals surface area contributed by atoms with Crippen molar-refractivity contribution in [3.63, 3.8) is 0 Å². The summed E-state index contributed by atoms with van der Waals surface area (Å²) in [7, 11) is 6.11. The van der Waals surface area contributed by atoms with Crippen molar-refractivity contribution in [2.24, 2.45) is 0 Å². The molecule has 6 heteroatoms. The Labute approximate surface area is 228 Å². The number of fused-ring (bicyclic) bond motifs is 1. The number of carbonyl (C=O) groups excluding carboxylic acids is 2. The van der Waals surface area contributed by atoms with Crippen LogP contribution in [-0.2, 0) is 26.2 Å². The number of unbranched alkanes of at least 4 members (excludes halogenated alkanes) is 2. The third-order valence-corrected chi connectivity index (χ3v) is 8.73. The number of quaternary nitrogens is 1. The lowest BCUT2D eigenvalue weighted by molar-refractivity contribution is -0.904. The predicted molar refractivity (Wildman–Crippen MR) is 150 cm³/mol. The van der Waals surface area contributed by atoms with E-state index in [9.17, 15) is 9.59 Å². The Morgan fingerprint density at radius 3 is 2.55 bits per heavy atom. The number of benzene rings is 2. The number of nitrogens with zero attached hydrogens (tertiary/aromatic N) is 1. The van der Waals surface area contributed by atoms with E-state index in [2.05, 4.69) is 55.8 Å². The molecule has 1 aliphatic carbocycles. The molecular formula is C32H45N2O4+. The molecule has 0 radical (unpaired) electrons. The summed E-state index contributed by atoms with van der Waals surface area (Å²) in [5.41, 5.74) is 1.49. The molecule has 6 nitrogen and oxygen atoms in total. The Bertz CT molecular complexity index is 1100. The Balaban J connectivity index is 1.46. The van der Waals surface area contributed by atoms with E-state index in [1.165, 1.54) is 12.5 Å². The van der Waals surface area contributed by atoms with Gasteiger partial charge in [0.2, 0.25) is 5.91 Å². The van der Waals surface area contributed by atoms with Crippen molar-refractivity contribution >= 4 is 11.9 Å². The molecule has 1 saturated carbocycles. The van der Waals surface area contributed by atoms with E-state index in [1.807, 2.05) is 18.2 Å². The molecular weight excluding hydrogens is 476 g/mol. The van der Waals surface area contributed by atoms with Crippen LogP contribution in [0.2, 0.25) is 0 Å². The molecule has 4 rings (SSSR count). The maximum absolute atomic E-state index is 13.0. The molecule has 2 aliphatic rings. The number of rotatable bonds is 10. The van der Waals surface area contributed by atoms with Crippen LogP contribution in [0.4, 0.5) is 0 Å². The van der Waals surface area contributed by atoms with Crippen LogP contribution in [0.15, 0.2) is 54.6 Å².